The first kappa shape index (κ1) is 14.5. The monoisotopic (exact) mass is 366 g/mol. The van der Waals surface area contributed by atoms with Crippen molar-refractivity contribution in [2.75, 3.05) is 0 Å². The lowest BCUT2D eigenvalue weighted by molar-refractivity contribution is 0.0437. The minimum Gasteiger partial charge on any atom is -0.459 e. The highest BCUT2D eigenvalue weighted by Gasteiger charge is 2.15. The number of carbonyl (C=O) groups is 1. The second-order valence-electron chi connectivity index (χ2n) is 4.18. The molecule has 0 unspecified atom stereocenters. The first-order chi connectivity index (χ1) is 10.6. The van der Waals surface area contributed by atoms with E-state index in [1.165, 1.54) is 24.5 Å². The fourth-order valence-electron chi connectivity index (χ4n) is 1.67. The molecule has 0 fully saturated rings. The van der Waals surface area contributed by atoms with Gasteiger partial charge in [-0.2, -0.15) is 0 Å². The molecule has 6 nitrogen and oxygen atoms in total. The molecule has 2 aromatic heterocycles. The molecule has 3 rings (SSSR count). The summed E-state index contributed by atoms with van der Waals surface area (Å²) in [4.78, 5) is 11.9. The molecule has 0 amide bonds. The summed E-state index contributed by atoms with van der Waals surface area (Å²) in [7, 11) is 0. The number of aromatic nitrogens is 2. The lowest BCUT2D eigenvalue weighted by Crippen LogP contribution is -2.06. The van der Waals surface area contributed by atoms with Crippen molar-refractivity contribution in [3.63, 3.8) is 0 Å². The topological polar surface area (TPSA) is 78.4 Å². The summed E-state index contributed by atoms with van der Waals surface area (Å²) in [6.45, 7) is -0.198. The van der Waals surface area contributed by atoms with Gasteiger partial charge < -0.3 is 13.6 Å². The summed E-state index contributed by atoms with van der Waals surface area (Å²) in [6.07, 6.45) is 1.48. The van der Waals surface area contributed by atoms with Crippen molar-refractivity contribution in [1.29, 1.82) is 0 Å². The van der Waals surface area contributed by atoms with Gasteiger partial charge in [-0.15, -0.1) is 10.2 Å². The smallest absolute Gasteiger partial charge is 0.339 e. The molecule has 22 heavy (non-hydrogen) atoms. The fourth-order valence-corrected chi connectivity index (χ4v) is 2.18. The molecule has 0 N–H and O–H groups in total. The van der Waals surface area contributed by atoms with Crippen LogP contribution in [-0.4, -0.2) is 16.2 Å². The molecule has 0 aliphatic rings. The van der Waals surface area contributed by atoms with E-state index in [0.29, 0.717) is 10.2 Å². The first-order valence-corrected chi connectivity index (χ1v) is 6.91. The minimum absolute atomic E-state index is 0.123. The molecule has 0 spiro atoms. The van der Waals surface area contributed by atoms with Gasteiger partial charge in [-0.1, -0.05) is 0 Å². The van der Waals surface area contributed by atoms with Crippen molar-refractivity contribution in [3.05, 3.63) is 58.3 Å². The molecule has 0 aliphatic carbocycles. The SMILES string of the molecule is O=C(OCc1nnc(-c2ccco2)o1)c1ccc(F)cc1Br. The number of carbonyl (C=O) groups excluding carboxylic acids is 1. The van der Waals surface area contributed by atoms with E-state index in [4.69, 9.17) is 13.6 Å². The normalized spacial score (nSPS) is 10.6. The minimum atomic E-state index is -0.635. The Kier molecular flexibility index (Phi) is 4.01. The standard InChI is InChI=1S/C14H8BrFN2O4/c15-10-6-8(16)3-4-9(10)14(19)21-7-12-17-18-13(22-12)11-2-1-5-20-11/h1-6H,7H2. The summed E-state index contributed by atoms with van der Waals surface area (Å²) in [5.41, 5.74) is 0.201. The highest BCUT2D eigenvalue weighted by Crippen LogP contribution is 2.20. The van der Waals surface area contributed by atoms with Gasteiger partial charge in [0.25, 0.3) is 11.8 Å². The van der Waals surface area contributed by atoms with E-state index in [9.17, 15) is 9.18 Å². The van der Waals surface area contributed by atoms with E-state index in [0.717, 1.165) is 0 Å². The summed E-state index contributed by atoms with van der Waals surface area (Å²) in [6, 6.07) is 7.02. The zero-order valence-corrected chi connectivity index (χ0v) is 12.5. The summed E-state index contributed by atoms with van der Waals surface area (Å²) >= 11 is 3.10. The van der Waals surface area contributed by atoms with Gasteiger partial charge in [0.1, 0.15) is 5.82 Å². The molecule has 3 aromatic rings. The number of hydrogen-bond donors (Lipinski definition) is 0. The van der Waals surface area contributed by atoms with Crippen LogP contribution in [0, 0.1) is 5.82 Å². The molecule has 0 radical (unpaired) electrons. The molecule has 2 heterocycles. The number of halogens is 2. The number of rotatable bonds is 4. The quantitative estimate of drug-likeness (QED) is 0.656. The van der Waals surface area contributed by atoms with Gasteiger partial charge in [0.15, 0.2) is 12.4 Å². The van der Waals surface area contributed by atoms with Gasteiger partial charge in [-0.3, -0.25) is 0 Å². The highest BCUT2D eigenvalue weighted by atomic mass is 79.9. The molecule has 8 heteroatoms. The fraction of sp³-hybridized carbons (Fsp3) is 0.0714. The maximum Gasteiger partial charge on any atom is 0.339 e. The van der Waals surface area contributed by atoms with Crippen LogP contribution in [0.25, 0.3) is 11.7 Å². The Bertz CT molecular complexity index is 801. The van der Waals surface area contributed by atoms with Crippen LogP contribution in [0.1, 0.15) is 16.2 Å². The second kappa shape index (κ2) is 6.10. The Morgan fingerprint density at radius 3 is 2.91 bits per heavy atom. The number of ether oxygens (including phenoxy) is 1. The number of furan rings is 1. The van der Waals surface area contributed by atoms with Crippen molar-refractivity contribution in [2.45, 2.75) is 6.61 Å². The Balaban J connectivity index is 1.66. The van der Waals surface area contributed by atoms with Crippen molar-refractivity contribution in [1.82, 2.24) is 10.2 Å². The predicted octanol–water partition coefficient (Wildman–Crippen LogP) is 3.59. The number of nitrogens with zero attached hydrogens (tertiary/aromatic N) is 2. The number of hydrogen-bond acceptors (Lipinski definition) is 6. The van der Waals surface area contributed by atoms with Crippen molar-refractivity contribution in [3.8, 4) is 11.7 Å². The Morgan fingerprint density at radius 2 is 2.18 bits per heavy atom. The molecule has 0 bridgehead atoms. The van der Waals surface area contributed by atoms with Crippen LogP contribution in [0.4, 0.5) is 4.39 Å². The van der Waals surface area contributed by atoms with Crippen LogP contribution >= 0.6 is 15.9 Å². The van der Waals surface area contributed by atoms with E-state index in [2.05, 4.69) is 26.1 Å². The molecule has 0 saturated carbocycles. The molecule has 0 aliphatic heterocycles. The highest BCUT2D eigenvalue weighted by molar-refractivity contribution is 9.10. The summed E-state index contributed by atoms with van der Waals surface area (Å²) < 4.78 is 28.7. The van der Waals surface area contributed by atoms with Crippen LogP contribution < -0.4 is 0 Å². The van der Waals surface area contributed by atoms with Crippen molar-refractivity contribution >= 4 is 21.9 Å². The van der Waals surface area contributed by atoms with E-state index < -0.39 is 11.8 Å². The molecule has 0 saturated heterocycles. The summed E-state index contributed by atoms with van der Waals surface area (Å²) in [5, 5.41) is 7.53. The van der Waals surface area contributed by atoms with E-state index in [1.54, 1.807) is 12.1 Å². The van der Waals surface area contributed by atoms with Gasteiger partial charge in [-0.25, -0.2) is 9.18 Å². The molecule has 1 aromatic carbocycles. The van der Waals surface area contributed by atoms with Crippen molar-refractivity contribution < 1.29 is 22.8 Å². The third-order valence-corrected chi connectivity index (χ3v) is 3.33. The third-order valence-electron chi connectivity index (χ3n) is 2.68. The molecule has 0 atom stereocenters. The third kappa shape index (κ3) is 3.06. The summed E-state index contributed by atoms with van der Waals surface area (Å²) in [5.74, 6) is -0.351. The maximum absolute atomic E-state index is 13.0. The average molecular weight is 367 g/mol. The lowest BCUT2D eigenvalue weighted by Gasteiger charge is -2.04. The van der Waals surface area contributed by atoms with E-state index in [1.807, 2.05) is 0 Å². The van der Waals surface area contributed by atoms with Gasteiger partial charge in [-0.05, 0) is 46.3 Å². The van der Waals surface area contributed by atoms with Crippen LogP contribution in [0.2, 0.25) is 0 Å². The van der Waals surface area contributed by atoms with Crippen LogP contribution in [-0.2, 0) is 11.3 Å². The average Bonchev–Trinajstić information content (AvgIpc) is 3.16. The van der Waals surface area contributed by atoms with Gasteiger partial charge >= 0.3 is 5.97 Å². The number of esters is 1. The largest absolute Gasteiger partial charge is 0.459 e. The van der Waals surface area contributed by atoms with Gasteiger partial charge in [0.05, 0.1) is 11.8 Å². The second-order valence-corrected chi connectivity index (χ2v) is 5.03. The Morgan fingerprint density at radius 1 is 1.32 bits per heavy atom. The zero-order chi connectivity index (χ0) is 15.5. The van der Waals surface area contributed by atoms with Gasteiger partial charge in [0.2, 0.25) is 0 Å². The number of benzene rings is 1. The van der Waals surface area contributed by atoms with Gasteiger partial charge in [0, 0.05) is 4.47 Å². The Labute approximate surface area is 132 Å². The predicted molar refractivity (Wildman–Crippen MR) is 75.2 cm³/mol. The van der Waals surface area contributed by atoms with Crippen molar-refractivity contribution in [2.24, 2.45) is 0 Å². The maximum atomic E-state index is 13.0. The lowest BCUT2D eigenvalue weighted by atomic mass is 10.2. The van der Waals surface area contributed by atoms with Crippen LogP contribution in [0.5, 0.6) is 0 Å². The van der Waals surface area contributed by atoms with Crippen LogP contribution in [0.3, 0.4) is 0 Å². The molecular formula is C14H8BrFN2O4. The first-order valence-electron chi connectivity index (χ1n) is 6.12. The Hall–Kier alpha value is -2.48. The molecular weight excluding hydrogens is 359 g/mol. The van der Waals surface area contributed by atoms with E-state index in [-0.39, 0.29) is 24.0 Å². The van der Waals surface area contributed by atoms with E-state index >= 15 is 0 Å². The molecule has 112 valence electrons. The zero-order valence-electron chi connectivity index (χ0n) is 11.0. The van der Waals surface area contributed by atoms with Crippen LogP contribution in [0.15, 0.2) is 49.9 Å².